The third kappa shape index (κ3) is 10.0. The molecule has 5 nitrogen and oxygen atoms in total. The van der Waals surface area contributed by atoms with E-state index in [0.717, 1.165) is 58.1 Å². The van der Waals surface area contributed by atoms with Gasteiger partial charge in [0.05, 0.1) is 6.10 Å². The first-order valence-electron chi connectivity index (χ1n) is 9.00. The number of aliphatic imine (C=N–C) groups is 1. The highest BCUT2D eigenvalue weighted by atomic mass is 16.5. The molecule has 1 rings (SSSR count). The third-order valence-corrected chi connectivity index (χ3v) is 3.95. The molecule has 1 aliphatic rings. The first-order valence-corrected chi connectivity index (χ1v) is 9.00. The van der Waals surface area contributed by atoms with Crippen LogP contribution in [-0.2, 0) is 9.47 Å². The second-order valence-electron chi connectivity index (χ2n) is 5.81. The van der Waals surface area contributed by atoms with Crippen molar-refractivity contribution in [3.8, 4) is 0 Å². The van der Waals surface area contributed by atoms with Crippen molar-refractivity contribution in [1.82, 2.24) is 10.6 Å². The largest absolute Gasteiger partial charge is 0.382 e. The SMILES string of the molecule is CCOCCCCNC(=NC)NCCCOC1CCCCC1. The molecule has 0 spiro atoms. The average Bonchev–Trinajstić information content (AvgIpc) is 2.56. The number of hydrogen-bond donors (Lipinski definition) is 2. The molecular weight excluding hydrogens is 278 g/mol. The molecule has 130 valence electrons. The van der Waals surface area contributed by atoms with Crippen molar-refractivity contribution < 1.29 is 9.47 Å². The molecule has 0 aromatic rings. The number of hydrogen-bond acceptors (Lipinski definition) is 3. The Hall–Kier alpha value is -0.810. The molecule has 0 aromatic heterocycles. The van der Waals surface area contributed by atoms with Gasteiger partial charge in [0.1, 0.15) is 0 Å². The molecule has 5 heteroatoms. The maximum absolute atomic E-state index is 5.92. The normalized spacial score (nSPS) is 16.7. The summed E-state index contributed by atoms with van der Waals surface area (Å²) in [6.07, 6.45) is 10.3. The van der Waals surface area contributed by atoms with Crippen LogP contribution in [0.2, 0.25) is 0 Å². The van der Waals surface area contributed by atoms with E-state index in [1.165, 1.54) is 32.1 Å². The van der Waals surface area contributed by atoms with Crippen molar-refractivity contribution in [3.05, 3.63) is 0 Å². The van der Waals surface area contributed by atoms with Crippen LogP contribution in [-0.4, -0.2) is 52.0 Å². The molecule has 2 N–H and O–H groups in total. The first-order chi connectivity index (χ1) is 10.9. The van der Waals surface area contributed by atoms with Crippen LogP contribution in [0.4, 0.5) is 0 Å². The van der Waals surface area contributed by atoms with E-state index in [-0.39, 0.29) is 0 Å². The van der Waals surface area contributed by atoms with Crippen LogP contribution in [0.3, 0.4) is 0 Å². The topological polar surface area (TPSA) is 54.9 Å². The van der Waals surface area contributed by atoms with Gasteiger partial charge in [0, 0.05) is 40.0 Å². The Morgan fingerprint density at radius 2 is 1.73 bits per heavy atom. The van der Waals surface area contributed by atoms with Gasteiger partial charge in [-0.1, -0.05) is 19.3 Å². The standard InChI is InChI=1S/C17H35N3O2/c1-3-21-14-8-7-12-19-17(18-2)20-13-9-15-22-16-10-5-4-6-11-16/h16H,3-15H2,1-2H3,(H2,18,19,20). The summed E-state index contributed by atoms with van der Waals surface area (Å²) in [4.78, 5) is 4.23. The monoisotopic (exact) mass is 313 g/mol. The summed E-state index contributed by atoms with van der Waals surface area (Å²) in [6.45, 7) is 6.38. The predicted molar refractivity (Wildman–Crippen MR) is 92.5 cm³/mol. The molecule has 0 heterocycles. The fraction of sp³-hybridized carbons (Fsp3) is 0.941. The zero-order valence-electron chi connectivity index (χ0n) is 14.5. The molecule has 1 fully saturated rings. The summed E-state index contributed by atoms with van der Waals surface area (Å²) in [5.41, 5.74) is 0. The smallest absolute Gasteiger partial charge is 0.190 e. The van der Waals surface area contributed by atoms with Crippen LogP contribution in [0.15, 0.2) is 4.99 Å². The summed E-state index contributed by atoms with van der Waals surface area (Å²) >= 11 is 0. The van der Waals surface area contributed by atoms with Gasteiger partial charge in [-0.25, -0.2) is 0 Å². The van der Waals surface area contributed by atoms with Gasteiger partial charge in [0.15, 0.2) is 5.96 Å². The van der Waals surface area contributed by atoms with E-state index >= 15 is 0 Å². The molecule has 1 aliphatic carbocycles. The highest BCUT2D eigenvalue weighted by Gasteiger charge is 2.12. The fourth-order valence-corrected chi connectivity index (χ4v) is 2.66. The lowest BCUT2D eigenvalue weighted by Gasteiger charge is -2.22. The van der Waals surface area contributed by atoms with Crippen LogP contribution in [0.25, 0.3) is 0 Å². The van der Waals surface area contributed by atoms with Crippen molar-refractivity contribution in [3.63, 3.8) is 0 Å². The summed E-state index contributed by atoms with van der Waals surface area (Å²) < 4.78 is 11.2. The van der Waals surface area contributed by atoms with Crippen molar-refractivity contribution >= 4 is 5.96 Å². The zero-order valence-corrected chi connectivity index (χ0v) is 14.5. The molecule has 0 radical (unpaired) electrons. The minimum Gasteiger partial charge on any atom is -0.382 e. The van der Waals surface area contributed by atoms with E-state index < -0.39 is 0 Å². The number of rotatable bonds is 11. The lowest BCUT2D eigenvalue weighted by atomic mass is 9.98. The maximum Gasteiger partial charge on any atom is 0.190 e. The van der Waals surface area contributed by atoms with E-state index in [2.05, 4.69) is 15.6 Å². The third-order valence-electron chi connectivity index (χ3n) is 3.95. The van der Waals surface area contributed by atoms with Gasteiger partial charge in [0.2, 0.25) is 0 Å². The van der Waals surface area contributed by atoms with E-state index in [1.54, 1.807) is 0 Å². The van der Waals surface area contributed by atoms with Crippen LogP contribution in [0, 0.1) is 0 Å². The van der Waals surface area contributed by atoms with E-state index in [1.807, 2.05) is 14.0 Å². The van der Waals surface area contributed by atoms with Gasteiger partial charge in [-0.3, -0.25) is 4.99 Å². The summed E-state index contributed by atoms with van der Waals surface area (Å²) in [6, 6.07) is 0. The Labute approximate surface area is 136 Å². The highest BCUT2D eigenvalue weighted by molar-refractivity contribution is 5.79. The van der Waals surface area contributed by atoms with Gasteiger partial charge >= 0.3 is 0 Å². The fourth-order valence-electron chi connectivity index (χ4n) is 2.66. The minimum atomic E-state index is 0.511. The molecule has 0 saturated heterocycles. The van der Waals surface area contributed by atoms with Crippen LogP contribution >= 0.6 is 0 Å². The van der Waals surface area contributed by atoms with Gasteiger partial charge < -0.3 is 20.1 Å². The van der Waals surface area contributed by atoms with Gasteiger partial charge in [-0.15, -0.1) is 0 Å². The molecular formula is C17H35N3O2. The maximum atomic E-state index is 5.92. The van der Waals surface area contributed by atoms with E-state index in [0.29, 0.717) is 6.10 Å². The molecule has 22 heavy (non-hydrogen) atoms. The van der Waals surface area contributed by atoms with Crippen LogP contribution in [0.5, 0.6) is 0 Å². The molecule has 0 unspecified atom stereocenters. The Kier molecular flexibility index (Phi) is 12.1. The number of nitrogens with one attached hydrogen (secondary N) is 2. The minimum absolute atomic E-state index is 0.511. The first kappa shape index (κ1) is 19.2. The molecule has 0 bridgehead atoms. The van der Waals surface area contributed by atoms with Crippen LogP contribution in [0.1, 0.15) is 58.3 Å². The van der Waals surface area contributed by atoms with Crippen LogP contribution < -0.4 is 10.6 Å². The quantitative estimate of drug-likeness (QED) is 0.350. The zero-order chi connectivity index (χ0) is 15.9. The Morgan fingerprint density at radius 3 is 2.41 bits per heavy atom. The Morgan fingerprint density at radius 1 is 1.00 bits per heavy atom. The van der Waals surface area contributed by atoms with E-state index in [9.17, 15) is 0 Å². The Bertz CT molecular complexity index is 279. The van der Waals surface area contributed by atoms with Crippen molar-refractivity contribution in [2.75, 3.05) is 40.0 Å². The van der Waals surface area contributed by atoms with Gasteiger partial charge in [0.25, 0.3) is 0 Å². The second-order valence-corrected chi connectivity index (χ2v) is 5.81. The summed E-state index contributed by atoms with van der Waals surface area (Å²) in [7, 11) is 1.81. The molecule has 0 atom stereocenters. The summed E-state index contributed by atoms with van der Waals surface area (Å²) in [5.74, 6) is 0.883. The molecule has 0 aliphatic heterocycles. The van der Waals surface area contributed by atoms with Gasteiger partial charge in [-0.05, 0) is 39.0 Å². The molecule has 0 aromatic carbocycles. The lowest BCUT2D eigenvalue weighted by Crippen LogP contribution is -2.38. The second kappa shape index (κ2) is 13.8. The number of unbranched alkanes of at least 4 members (excludes halogenated alkanes) is 1. The molecule has 0 amide bonds. The number of nitrogens with zero attached hydrogens (tertiary/aromatic N) is 1. The lowest BCUT2D eigenvalue weighted by molar-refractivity contribution is 0.0277. The Balaban J connectivity index is 1.92. The van der Waals surface area contributed by atoms with Crippen molar-refractivity contribution in [2.24, 2.45) is 4.99 Å². The average molecular weight is 313 g/mol. The van der Waals surface area contributed by atoms with Crippen molar-refractivity contribution in [1.29, 1.82) is 0 Å². The van der Waals surface area contributed by atoms with E-state index in [4.69, 9.17) is 9.47 Å². The predicted octanol–water partition coefficient (Wildman–Crippen LogP) is 2.71. The number of guanidine groups is 1. The van der Waals surface area contributed by atoms with Crippen molar-refractivity contribution in [2.45, 2.75) is 64.4 Å². The molecule has 1 saturated carbocycles. The summed E-state index contributed by atoms with van der Waals surface area (Å²) in [5, 5.41) is 6.67. The highest BCUT2D eigenvalue weighted by Crippen LogP contribution is 2.20. The number of ether oxygens (including phenoxy) is 2. The van der Waals surface area contributed by atoms with Gasteiger partial charge in [-0.2, -0.15) is 0 Å².